The van der Waals surface area contributed by atoms with Crippen LogP contribution in [0.4, 0.5) is 0 Å². The Labute approximate surface area is 199 Å². The van der Waals surface area contributed by atoms with Crippen LogP contribution in [-0.4, -0.2) is 37.2 Å². The first-order chi connectivity index (χ1) is 16.2. The molecule has 0 aliphatic rings. The summed E-state index contributed by atoms with van der Waals surface area (Å²) in [5.41, 5.74) is 1.44. The van der Waals surface area contributed by atoms with Crippen LogP contribution in [0.25, 0.3) is 10.9 Å². The monoisotopic (exact) mass is 474 g/mol. The lowest BCUT2D eigenvalue weighted by atomic mass is 9.96. The van der Waals surface area contributed by atoms with E-state index in [1.54, 1.807) is 55.6 Å². The first-order valence-electron chi connectivity index (χ1n) is 10.8. The Hall–Kier alpha value is -3.71. The molecule has 0 fully saturated rings. The number of hydrogen-bond donors (Lipinski definition) is 0. The zero-order valence-electron chi connectivity index (χ0n) is 19.3. The SMILES string of the molecule is COC(=O)[C@](C)(Cc1cc2ccccc2n1S(=O)(=O)c1ccc(C)cc1)N=Cc1ccccc1. The molecule has 0 saturated carbocycles. The Balaban J connectivity index is 1.86. The predicted molar refractivity (Wildman–Crippen MR) is 134 cm³/mol. The minimum Gasteiger partial charge on any atom is -0.467 e. The van der Waals surface area contributed by atoms with Crippen LogP contribution in [0.2, 0.25) is 0 Å². The van der Waals surface area contributed by atoms with Crippen LogP contribution in [-0.2, 0) is 26.0 Å². The third-order valence-corrected chi connectivity index (χ3v) is 7.53. The second kappa shape index (κ2) is 9.27. The van der Waals surface area contributed by atoms with Gasteiger partial charge in [-0.25, -0.2) is 17.2 Å². The molecule has 0 amide bonds. The van der Waals surface area contributed by atoms with Crippen LogP contribution < -0.4 is 0 Å². The molecule has 1 aromatic heterocycles. The zero-order valence-corrected chi connectivity index (χ0v) is 20.1. The fourth-order valence-electron chi connectivity index (χ4n) is 3.91. The molecule has 34 heavy (non-hydrogen) atoms. The Morgan fingerprint density at radius 3 is 2.32 bits per heavy atom. The molecule has 0 unspecified atom stereocenters. The predicted octanol–water partition coefficient (Wildman–Crippen LogP) is 4.78. The van der Waals surface area contributed by atoms with Gasteiger partial charge in [0, 0.05) is 23.7 Å². The quantitative estimate of drug-likeness (QED) is 0.285. The van der Waals surface area contributed by atoms with Crippen molar-refractivity contribution in [3.8, 4) is 0 Å². The van der Waals surface area contributed by atoms with E-state index in [1.807, 2.05) is 49.4 Å². The average molecular weight is 475 g/mol. The summed E-state index contributed by atoms with van der Waals surface area (Å²) in [5, 5.41) is 0.757. The van der Waals surface area contributed by atoms with Crippen molar-refractivity contribution in [2.45, 2.75) is 30.7 Å². The molecule has 0 spiro atoms. The Morgan fingerprint density at radius 1 is 1.00 bits per heavy atom. The molecule has 4 rings (SSSR count). The number of fused-ring (bicyclic) bond motifs is 1. The van der Waals surface area contributed by atoms with Crippen LogP contribution in [0.3, 0.4) is 0 Å². The maximum Gasteiger partial charge on any atom is 0.333 e. The van der Waals surface area contributed by atoms with Crippen molar-refractivity contribution in [3.63, 3.8) is 0 Å². The number of carbonyl (C=O) groups is 1. The fourth-order valence-corrected chi connectivity index (χ4v) is 5.45. The summed E-state index contributed by atoms with van der Waals surface area (Å²) < 4.78 is 33.9. The molecule has 0 N–H and O–H groups in total. The molecule has 0 aliphatic heterocycles. The van der Waals surface area contributed by atoms with Crippen LogP contribution >= 0.6 is 0 Å². The van der Waals surface area contributed by atoms with Gasteiger partial charge in [-0.05, 0) is 43.7 Å². The maximum atomic E-state index is 13.8. The number of rotatable bonds is 7. The molecule has 6 nitrogen and oxygen atoms in total. The van der Waals surface area contributed by atoms with E-state index < -0.39 is 21.5 Å². The maximum absolute atomic E-state index is 13.8. The minimum atomic E-state index is -3.93. The lowest BCUT2D eigenvalue weighted by molar-refractivity contribution is -0.146. The van der Waals surface area contributed by atoms with Gasteiger partial charge in [-0.15, -0.1) is 0 Å². The van der Waals surface area contributed by atoms with Crippen LogP contribution in [0.1, 0.15) is 23.7 Å². The van der Waals surface area contributed by atoms with Crippen LogP contribution in [0.15, 0.2) is 94.8 Å². The molecular formula is C27H26N2O4S. The Morgan fingerprint density at radius 2 is 1.65 bits per heavy atom. The van der Waals surface area contributed by atoms with Gasteiger partial charge < -0.3 is 4.74 Å². The van der Waals surface area contributed by atoms with Gasteiger partial charge in [0.1, 0.15) is 0 Å². The van der Waals surface area contributed by atoms with Gasteiger partial charge in [0.15, 0.2) is 5.54 Å². The van der Waals surface area contributed by atoms with Gasteiger partial charge >= 0.3 is 5.97 Å². The van der Waals surface area contributed by atoms with E-state index in [4.69, 9.17) is 4.74 Å². The highest BCUT2D eigenvalue weighted by molar-refractivity contribution is 7.90. The summed E-state index contributed by atoms with van der Waals surface area (Å²) in [4.78, 5) is 17.6. The first-order valence-corrected chi connectivity index (χ1v) is 12.3. The normalized spacial score (nSPS) is 13.7. The van der Waals surface area contributed by atoms with E-state index in [2.05, 4.69) is 4.99 Å². The van der Waals surface area contributed by atoms with Gasteiger partial charge in [-0.1, -0.05) is 66.2 Å². The lowest BCUT2D eigenvalue weighted by Crippen LogP contribution is -2.38. The van der Waals surface area contributed by atoms with E-state index in [-0.39, 0.29) is 11.3 Å². The molecule has 0 radical (unpaired) electrons. The van der Waals surface area contributed by atoms with E-state index in [9.17, 15) is 13.2 Å². The number of para-hydroxylation sites is 1. The van der Waals surface area contributed by atoms with Gasteiger partial charge in [0.05, 0.1) is 17.5 Å². The van der Waals surface area contributed by atoms with Gasteiger partial charge in [0.2, 0.25) is 0 Å². The number of methoxy groups -OCH3 is 1. The zero-order chi connectivity index (χ0) is 24.3. The molecule has 7 heteroatoms. The highest BCUT2D eigenvalue weighted by atomic mass is 32.2. The summed E-state index contributed by atoms with van der Waals surface area (Å²) >= 11 is 0. The summed E-state index contributed by atoms with van der Waals surface area (Å²) in [7, 11) is -2.63. The first kappa shape index (κ1) is 23.4. The van der Waals surface area contributed by atoms with Crippen LogP contribution in [0.5, 0.6) is 0 Å². The van der Waals surface area contributed by atoms with Crippen molar-refractivity contribution in [1.29, 1.82) is 0 Å². The summed E-state index contributed by atoms with van der Waals surface area (Å²) in [5.74, 6) is -0.552. The van der Waals surface area contributed by atoms with Gasteiger partial charge in [-0.3, -0.25) is 4.99 Å². The lowest BCUT2D eigenvalue weighted by Gasteiger charge is -2.23. The van der Waals surface area contributed by atoms with E-state index in [1.165, 1.54) is 11.1 Å². The number of aryl methyl sites for hydroxylation is 1. The van der Waals surface area contributed by atoms with Crippen molar-refractivity contribution in [2.75, 3.05) is 7.11 Å². The number of aliphatic imine (C=N–C) groups is 1. The number of aromatic nitrogens is 1. The summed E-state index contributed by atoms with van der Waals surface area (Å²) in [6.45, 7) is 3.55. The number of carbonyl (C=O) groups excluding carboxylic acids is 1. The van der Waals surface area contributed by atoms with Crippen molar-refractivity contribution in [1.82, 2.24) is 3.97 Å². The number of benzene rings is 3. The summed E-state index contributed by atoms with van der Waals surface area (Å²) in [6, 6.07) is 25.2. The largest absolute Gasteiger partial charge is 0.467 e. The molecule has 3 aromatic carbocycles. The number of ether oxygens (including phenoxy) is 1. The van der Waals surface area contributed by atoms with Crippen LogP contribution in [0, 0.1) is 6.92 Å². The molecule has 174 valence electrons. The standard InChI is InChI=1S/C27H26N2O4S/c1-20-13-15-24(16-14-20)34(31,32)29-23(17-22-11-7-8-12-25(22)29)18-27(2,26(30)33-3)28-19-21-9-5-4-6-10-21/h4-17,19H,18H2,1-3H3/t27-/m0/s1. The molecule has 4 aromatic rings. The van der Waals surface area contributed by atoms with E-state index in [0.717, 1.165) is 16.5 Å². The Bertz CT molecular complexity index is 1460. The second-order valence-electron chi connectivity index (χ2n) is 8.39. The fraction of sp³-hybridized carbons (Fsp3) is 0.185. The summed E-state index contributed by atoms with van der Waals surface area (Å²) in [6.07, 6.45) is 1.64. The molecular weight excluding hydrogens is 448 g/mol. The van der Waals surface area contributed by atoms with E-state index >= 15 is 0 Å². The Kier molecular flexibility index (Phi) is 6.39. The second-order valence-corrected chi connectivity index (χ2v) is 10.2. The molecule has 1 atom stereocenters. The average Bonchev–Trinajstić information content (AvgIpc) is 3.21. The third kappa shape index (κ3) is 4.52. The van der Waals surface area contributed by atoms with Gasteiger partial charge in [-0.2, -0.15) is 0 Å². The topological polar surface area (TPSA) is 77.7 Å². The minimum absolute atomic E-state index is 0.0305. The molecule has 0 saturated heterocycles. The number of nitrogens with zero attached hydrogens (tertiary/aromatic N) is 2. The smallest absolute Gasteiger partial charge is 0.333 e. The van der Waals surface area contributed by atoms with Crippen molar-refractivity contribution in [3.05, 3.63) is 102 Å². The number of hydrogen-bond acceptors (Lipinski definition) is 5. The highest BCUT2D eigenvalue weighted by Gasteiger charge is 2.36. The van der Waals surface area contributed by atoms with Crippen molar-refractivity contribution >= 4 is 33.1 Å². The van der Waals surface area contributed by atoms with Crippen molar-refractivity contribution < 1.29 is 17.9 Å². The van der Waals surface area contributed by atoms with Crippen molar-refractivity contribution in [2.24, 2.45) is 4.99 Å². The van der Waals surface area contributed by atoms with E-state index in [0.29, 0.717) is 11.2 Å². The molecule has 1 heterocycles. The number of esters is 1. The highest BCUT2D eigenvalue weighted by Crippen LogP contribution is 2.30. The third-order valence-electron chi connectivity index (χ3n) is 5.75. The van der Waals surface area contributed by atoms with Gasteiger partial charge in [0.25, 0.3) is 10.0 Å². The molecule has 0 bridgehead atoms. The molecule has 0 aliphatic carbocycles.